The third-order valence-corrected chi connectivity index (χ3v) is 6.21. The number of pyridine rings is 1. The van der Waals surface area contributed by atoms with Gasteiger partial charge in [0.05, 0.1) is 23.7 Å². The van der Waals surface area contributed by atoms with Crippen LogP contribution in [0.15, 0.2) is 109 Å². The minimum atomic E-state index is -0.942. The van der Waals surface area contributed by atoms with Crippen molar-refractivity contribution in [3.05, 3.63) is 126 Å². The van der Waals surface area contributed by atoms with Gasteiger partial charge in [0.25, 0.3) is 5.91 Å². The highest BCUT2D eigenvalue weighted by atomic mass is 16.5. The van der Waals surface area contributed by atoms with E-state index in [0.717, 1.165) is 21.9 Å². The largest absolute Gasteiger partial charge is 0.467 e. The summed E-state index contributed by atoms with van der Waals surface area (Å²) in [7, 11) is 1.34. The average molecular weight is 461 g/mol. The lowest BCUT2D eigenvalue weighted by molar-refractivity contribution is -0.143. The van der Waals surface area contributed by atoms with Crippen molar-refractivity contribution in [2.24, 2.45) is 0 Å². The molecule has 0 fully saturated rings. The number of methoxy groups -OCH3 is 1. The van der Waals surface area contributed by atoms with Gasteiger partial charge >= 0.3 is 5.97 Å². The van der Waals surface area contributed by atoms with E-state index in [1.54, 1.807) is 0 Å². The molecule has 1 heterocycles. The zero-order chi connectivity index (χ0) is 24.2. The summed E-state index contributed by atoms with van der Waals surface area (Å²) in [4.78, 5) is 31.8. The minimum absolute atomic E-state index is 0.355. The zero-order valence-corrected chi connectivity index (χ0v) is 19.2. The van der Waals surface area contributed by atoms with Gasteiger partial charge in [-0.2, -0.15) is 0 Å². The van der Waals surface area contributed by atoms with E-state index in [1.807, 2.05) is 109 Å². The van der Waals surface area contributed by atoms with Crippen LogP contribution in [0.3, 0.4) is 0 Å². The zero-order valence-electron chi connectivity index (χ0n) is 19.2. The van der Waals surface area contributed by atoms with Crippen molar-refractivity contribution in [2.45, 2.75) is 12.0 Å². The Hall–Kier alpha value is -4.51. The molecular weight excluding hydrogens is 436 g/mol. The van der Waals surface area contributed by atoms with Gasteiger partial charge in [-0.1, -0.05) is 97.1 Å². The van der Waals surface area contributed by atoms with Gasteiger partial charge < -0.3 is 10.1 Å². The Bertz CT molecular complexity index is 1410. The number of hydrogen-bond donors (Lipinski definition) is 1. The summed E-state index contributed by atoms with van der Waals surface area (Å²) in [5.41, 5.74) is 3.72. The van der Waals surface area contributed by atoms with E-state index in [1.165, 1.54) is 7.11 Å². The van der Waals surface area contributed by atoms with Crippen LogP contribution in [0.5, 0.6) is 0 Å². The molecule has 0 bridgehead atoms. The van der Waals surface area contributed by atoms with Crippen LogP contribution >= 0.6 is 0 Å². The molecule has 5 nitrogen and oxygen atoms in total. The summed E-state index contributed by atoms with van der Waals surface area (Å²) in [6, 6.07) is 33.5. The molecule has 0 spiro atoms. The van der Waals surface area contributed by atoms with Gasteiger partial charge in [0, 0.05) is 16.7 Å². The van der Waals surface area contributed by atoms with Crippen molar-refractivity contribution in [3.63, 3.8) is 0 Å². The summed E-state index contributed by atoms with van der Waals surface area (Å²) in [6.45, 7) is 0. The van der Waals surface area contributed by atoms with Crippen molar-refractivity contribution >= 4 is 33.7 Å². The van der Waals surface area contributed by atoms with Gasteiger partial charge in [0.2, 0.25) is 0 Å². The number of aromatic nitrogens is 1. The van der Waals surface area contributed by atoms with E-state index >= 15 is 0 Å². The Morgan fingerprint density at radius 2 is 1.14 bits per heavy atom. The number of amides is 1. The number of carbonyl (C=O) groups excluding carboxylic acids is 2. The Kier molecular flexibility index (Phi) is 6.22. The van der Waals surface area contributed by atoms with Gasteiger partial charge in [0.15, 0.2) is 0 Å². The van der Waals surface area contributed by atoms with Crippen molar-refractivity contribution < 1.29 is 14.3 Å². The maximum Gasteiger partial charge on any atom is 0.329 e. The normalized spacial score (nSPS) is 11.9. The number of nitrogens with zero attached hydrogens (tertiary/aromatic N) is 1. The number of fused-ring (bicyclic) bond motifs is 2. The quantitative estimate of drug-likeness (QED) is 0.269. The minimum Gasteiger partial charge on any atom is -0.467 e. The average Bonchev–Trinajstić information content (AvgIpc) is 2.92. The second kappa shape index (κ2) is 9.77. The summed E-state index contributed by atoms with van der Waals surface area (Å²) in [6.07, 6.45) is 0. The molecule has 35 heavy (non-hydrogen) atoms. The van der Waals surface area contributed by atoms with Crippen LogP contribution in [-0.4, -0.2) is 30.0 Å². The summed E-state index contributed by atoms with van der Waals surface area (Å²) >= 11 is 0. The van der Waals surface area contributed by atoms with Crippen molar-refractivity contribution in [1.82, 2.24) is 10.3 Å². The number of para-hydroxylation sites is 2. The SMILES string of the molecule is COC(=O)[C@@H](NC(=O)c1c2ccccc2nc2ccccc12)C(c1ccccc1)c1ccccc1. The molecule has 5 aromatic rings. The molecule has 1 aromatic heterocycles. The highest BCUT2D eigenvalue weighted by molar-refractivity contribution is 6.16. The van der Waals surface area contributed by atoms with Gasteiger partial charge in [-0.3, -0.25) is 4.79 Å². The Labute approximate surface area is 203 Å². The number of nitrogens with one attached hydrogen (secondary N) is 1. The van der Waals surface area contributed by atoms with Crippen molar-refractivity contribution in [1.29, 1.82) is 0 Å². The fourth-order valence-electron chi connectivity index (χ4n) is 4.60. The first-order valence-corrected chi connectivity index (χ1v) is 11.4. The van der Waals surface area contributed by atoms with Crippen LogP contribution in [0, 0.1) is 0 Å². The number of hydrogen-bond acceptors (Lipinski definition) is 4. The van der Waals surface area contributed by atoms with Gasteiger partial charge in [-0.05, 0) is 23.3 Å². The topological polar surface area (TPSA) is 68.3 Å². The Morgan fingerprint density at radius 1 is 0.686 bits per heavy atom. The molecule has 4 aromatic carbocycles. The molecule has 1 N–H and O–H groups in total. The predicted octanol–water partition coefficient (Wildman–Crippen LogP) is 5.49. The monoisotopic (exact) mass is 460 g/mol. The summed E-state index contributed by atoms with van der Waals surface area (Å²) in [5.74, 6) is -1.31. The standard InChI is InChI=1S/C30H24N2O3/c1-35-30(34)28(26(20-12-4-2-5-13-20)21-14-6-3-7-15-21)32-29(33)27-22-16-8-10-18-24(22)31-25-19-11-9-17-23(25)27/h2-19,26,28H,1H3,(H,32,33)/t28-/m0/s1. The maximum absolute atomic E-state index is 13.9. The molecule has 0 aliphatic heterocycles. The van der Waals surface area contributed by atoms with Crippen LogP contribution in [0.1, 0.15) is 27.4 Å². The van der Waals surface area contributed by atoms with Crippen molar-refractivity contribution in [3.8, 4) is 0 Å². The summed E-state index contributed by atoms with van der Waals surface area (Å²) < 4.78 is 5.18. The molecule has 5 heteroatoms. The number of benzene rings is 4. The molecule has 0 saturated carbocycles. The fraction of sp³-hybridized carbons (Fsp3) is 0.100. The fourth-order valence-corrected chi connectivity index (χ4v) is 4.60. The lowest BCUT2D eigenvalue weighted by Crippen LogP contribution is -2.46. The molecule has 0 radical (unpaired) electrons. The molecule has 172 valence electrons. The molecular formula is C30H24N2O3. The maximum atomic E-state index is 13.9. The predicted molar refractivity (Wildman–Crippen MR) is 137 cm³/mol. The third-order valence-electron chi connectivity index (χ3n) is 6.21. The molecule has 0 saturated heterocycles. The van der Waals surface area contributed by atoms with Gasteiger partial charge in [0.1, 0.15) is 6.04 Å². The number of rotatable bonds is 6. The first kappa shape index (κ1) is 22.3. The molecule has 0 unspecified atom stereocenters. The Balaban J connectivity index is 1.65. The highest BCUT2D eigenvalue weighted by Crippen LogP contribution is 2.31. The first-order valence-electron chi connectivity index (χ1n) is 11.4. The molecule has 5 rings (SSSR count). The van der Waals surface area contributed by atoms with Crippen LogP contribution < -0.4 is 5.32 Å². The second-order valence-corrected chi connectivity index (χ2v) is 8.29. The first-order chi connectivity index (χ1) is 17.2. The summed E-state index contributed by atoms with van der Waals surface area (Å²) in [5, 5.41) is 4.47. The van der Waals surface area contributed by atoms with Crippen LogP contribution in [0.25, 0.3) is 21.8 Å². The van der Waals surface area contributed by atoms with Crippen LogP contribution in [-0.2, 0) is 9.53 Å². The molecule has 1 atom stereocenters. The Morgan fingerprint density at radius 3 is 1.63 bits per heavy atom. The van der Waals surface area contributed by atoms with E-state index < -0.39 is 17.9 Å². The van der Waals surface area contributed by atoms with Gasteiger partial charge in [-0.15, -0.1) is 0 Å². The van der Waals surface area contributed by atoms with Crippen molar-refractivity contribution in [2.75, 3.05) is 7.11 Å². The second-order valence-electron chi connectivity index (χ2n) is 8.29. The lowest BCUT2D eigenvalue weighted by Gasteiger charge is -2.27. The number of ether oxygens (including phenoxy) is 1. The third kappa shape index (κ3) is 4.36. The molecule has 0 aliphatic carbocycles. The van der Waals surface area contributed by atoms with E-state index in [2.05, 4.69) is 5.32 Å². The van der Waals surface area contributed by atoms with Gasteiger partial charge in [-0.25, -0.2) is 9.78 Å². The molecule has 0 aliphatic rings. The lowest BCUT2D eigenvalue weighted by atomic mass is 9.84. The molecule has 1 amide bonds. The number of carbonyl (C=O) groups is 2. The van der Waals surface area contributed by atoms with E-state index in [9.17, 15) is 9.59 Å². The number of esters is 1. The highest BCUT2D eigenvalue weighted by Gasteiger charge is 2.34. The van der Waals surface area contributed by atoms with E-state index in [0.29, 0.717) is 16.6 Å². The van der Waals surface area contributed by atoms with E-state index in [4.69, 9.17) is 9.72 Å². The van der Waals surface area contributed by atoms with Crippen LogP contribution in [0.2, 0.25) is 0 Å². The smallest absolute Gasteiger partial charge is 0.329 e. The van der Waals surface area contributed by atoms with E-state index in [-0.39, 0.29) is 5.91 Å². The van der Waals surface area contributed by atoms with Crippen LogP contribution in [0.4, 0.5) is 0 Å².